The first kappa shape index (κ1) is 13.3. The summed E-state index contributed by atoms with van der Waals surface area (Å²) in [5.74, 6) is -0.356. The number of ether oxygens (including phenoxy) is 1. The third-order valence-electron chi connectivity index (χ3n) is 3.18. The fraction of sp³-hybridized carbons (Fsp3) is 0.417. The highest BCUT2D eigenvalue weighted by atomic mass is 16.6. The Balaban J connectivity index is 2.15. The van der Waals surface area contributed by atoms with Crippen molar-refractivity contribution in [2.45, 2.75) is 25.5 Å². The molecular weight excluding hydrogens is 250 g/mol. The number of nitrogen functional groups attached to an aromatic ring is 1. The summed E-state index contributed by atoms with van der Waals surface area (Å²) in [5, 5.41) is 13.6. The molecule has 0 spiro atoms. The second-order valence-electron chi connectivity index (χ2n) is 4.48. The Bertz CT molecular complexity index is 518. The van der Waals surface area contributed by atoms with Crippen LogP contribution >= 0.6 is 0 Å². The van der Waals surface area contributed by atoms with E-state index < -0.39 is 4.92 Å². The van der Waals surface area contributed by atoms with Gasteiger partial charge < -0.3 is 15.8 Å². The minimum absolute atomic E-state index is 0.0408. The number of nitrogens with zero attached hydrogens (tertiary/aromatic N) is 1. The predicted octanol–water partition coefficient (Wildman–Crippen LogP) is 1.08. The van der Waals surface area contributed by atoms with Crippen molar-refractivity contribution in [1.82, 2.24) is 5.32 Å². The molecule has 19 heavy (non-hydrogen) atoms. The number of rotatable bonds is 3. The zero-order chi connectivity index (χ0) is 14.0. The number of nitrogens with two attached hydrogens (primary N) is 1. The molecule has 2 atom stereocenters. The van der Waals surface area contributed by atoms with Crippen LogP contribution in [0.2, 0.25) is 0 Å². The van der Waals surface area contributed by atoms with Gasteiger partial charge in [0.2, 0.25) is 0 Å². The number of benzene rings is 1. The van der Waals surface area contributed by atoms with Crippen LogP contribution in [0.3, 0.4) is 0 Å². The maximum absolute atomic E-state index is 12.0. The Morgan fingerprint density at radius 1 is 1.58 bits per heavy atom. The molecule has 1 saturated heterocycles. The molecule has 0 bridgehead atoms. The van der Waals surface area contributed by atoms with E-state index in [1.54, 1.807) is 0 Å². The molecule has 1 aromatic rings. The van der Waals surface area contributed by atoms with E-state index >= 15 is 0 Å². The molecular formula is C12H15N3O4. The van der Waals surface area contributed by atoms with Crippen molar-refractivity contribution in [3.05, 3.63) is 33.9 Å². The van der Waals surface area contributed by atoms with Gasteiger partial charge in [-0.3, -0.25) is 14.9 Å². The number of anilines is 1. The minimum atomic E-state index is -0.604. The summed E-state index contributed by atoms with van der Waals surface area (Å²) in [5.41, 5.74) is 5.49. The van der Waals surface area contributed by atoms with Gasteiger partial charge in [-0.15, -0.1) is 0 Å². The Morgan fingerprint density at radius 3 is 2.89 bits per heavy atom. The number of carbonyl (C=O) groups is 1. The van der Waals surface area contributed by atoms with Gasteiger partial charge in [-0.25, -0.2) is 0 Å². The Kier molecular flexibility index (Phi) is 3.66. The molecule has 0 saturated carbocycles. The predicted molar refractivity (Wildman–Crippen MR) is 68.8 cm³/mol. The van der Waals surface area contributed by atoms with Crippen molar-refractivity contribution in [3.63, 3.8) is 0 Å². The SMILES string of the molecule is CC1OCCC1NC(=O)c1ccc(N)c([N+](=O)[O-])c1. The smallest absolute Gasteiger partial charge is 0.292 e. The summed E-state index contributed by atoms with van der Waals surface area (Å²) in [4.78, 5) is 22.2. The third-order valence-corrected chi connectivity index (χ3v) is 3.18. The molecule has 1 aromatic carbocycles. The third kappa shape index (κ3) is 2.82. The number of nitro benzene ring substituents is 1. The van der Waals surface area contributed by atoms with Crippen molar-refractivity contribution >= 4 is 17.3 Å². The second kappa shape index (κ2) is 5.23. The average molecular weight is 265 g/mol. The van der Waals surface area contributed by atoms with Gasteiger partial charge in [-0.2, -0.15) is 0 Å². The van der Waals surface area contributed by atoms with E-state index in [4.69, 9.17) is 10.5 Å². The molecule has 1 amide bonds. The summed E-state index contributed by atoms with van der Waals surface area (Å²) in [7, 11) is 0. The van der Waals surface area contributed by atoms with E-state index in [1.165, 1.54) is 18.2 Å². The molecule has 1 aliphatic heterocycles. The van der Waals surface area contributed by atoms with Crippen LogP contribution < -0.4 is 11.1 Å². The van der Waals surface area contributed by atoms with Crippen LogP contribution in [0.15, 0.2) is 18.2 Å². The van der Waals surface area contributed by atoms with Crippen LogP contribution in [0.25, 0.3) is 0 Å². The van der Waals surface area contributed by atoms with E-state index in [0.29, 0.717) is 6.61 Å². The Labute approximate surface area is 109 Å². The zero-order valence-corrected chi connectivity index (χ0v) is 10.5. The van der Waals surface area contributed by atoms with Crippen LogP contribution in [-0.2, 0) is 4.74 Å². The normalized spacial score (nSPS) is 22.2. The monoisotopic (exact) mass is 265 g/mol. The number of hydrogen-bond acceptors (Lipinski definition) is 5. The van der Waals surface area contributed by atoms with Gasteiger partial charge >= 0.3 is 0 Å². The molecule has 0 aliphatic carbocycles. The van der Waals surface area contributed by atoms with Gasteiger partial charge in [0.15, 0.2) is 0 Å². The van der Waals surface area contributed by atoms with Crippen LogP contribution in [0, 0.1) is 10.1 Å². The minimum Gasteiger partial charge on any atom is -0.393 e. The van der Waals surface area contributed by atoms with Gasteiger partial charge in [0.05, 0.1) is 17.1 Å². The van der Waals surface area contributed by atoms with Gasteiger partial charge in [0.25, 0.3) is 11.6 Å². The quantitative estimate of drug-likeness (QED) is 0.483. The topological polar surface area (TPSA) is 107 Å². The number of hydrogen-bond donors (Lipinski definition) is 2. The fourth-order valence-corrected chi connectivity index (χ4v) is 2.02. The molecule has 0 radical (unpaired) electrons. The highest BCUT2D eigenvalue weighted by molar-refractivity contribution is 5.95. The number of nitro groups is 1. The largest absolute Gasteiger partial charge is 0.393 e. The van der Waals surface area contributed by atoms with E-state index in [-0.39, 0.29) is 35.0 Å². The lowest BCUT2D eigenvalue weighted by molar-refractivity contribution is -0.383. The zero-order valence-electron chi connectivity index (χ0n) is 10.5. The number of carbonyl (C=O) groups excluding carboxylic acids is 1. The van der Waals surface area contributed by atoms with Crippen molar-refractivity contribution < 1.29 is 14.5 Å². The van der Waals surface area contributed by atoms with E-state index in [1.807, 2.05) is 6.92 Å². The van der Waals surface area contributed by atoms with Crippen LogP contribution in [0.5, 0.6) is 0 Å². The first-order chi connectivity index (χ1) is 8.99. The molecule has 7 heteroatoms. The van der Waals surface area contributed by atoms with Crippen molar-refractivity contribution in [2.24, 2.45) is 0 Å². The van der Waals surface area contributed by atoms with E-state index in [2.05, 4.69) is 5.32 Å². The average Bonchev–Trinajstić information content (AvgIpc) is 2.75. The van der Waals surface area contributed by atoms with Crippen LogP contribution in [-0.4, -0.2) is 29.6 Å². The molecule has 2 rings (SSSR count). The van der Waals surface area contributed by atoms with Gasteiger partial charge in [-0.1, -0.05) is 0 Å². The molecule has 1 fully saturated rings. The highest BCUT2D eigenvalue weighted by Gasteiger charge is 2.26. The standard InChI is InChI=1S/C12H15N3O4/c1-7-10(4-5-19-7)14-12(16)8-2-3-9(13)11(6-8)15(17)18/h2-3,6-7,10H,4-5,13H2,1H3,(H,14,16). The Morgan fingerprint density at radius 2 is 2.32 bits per heavy atom. The van der Waals surface area contributed by atoms with E-state index in [9.17, 15) is 14.9 Å². The molecule has 102 valence electrons. The van der Waals surface area contributed by atoms with Crippen LogP contribution in [0.1, 0.15) is 23.7 Å². The highest BCUT2D eigenvalue weighted by Crippen LogP contribution is 2.22. The molecule has 0 aromatic heterocycles. The number of amides is 1. The van der Waals surface area contributed by atoms with Gasteiger partial charge in [-0.05, 0) is 25.5 Å². The van der Waals surface area contributed by atoms with Gasteiger partial charge in [0.1, 0.15) is 5.69 Å². The summed E-state index contributed by atoms with van der Waals surface area (Å²) in [6, 6.07) is 3.95. The molecule has 7 nitrogen and oxygen atoms in total. The molecule has 1 heterocycles. The fourth-order valence-electron chi connectivity index (χ4n) is 2.02. The molecule has 2 unspecified atom stereocenters. The lowest BCUT2D eigenvalue weighted by atomic mass is 10.1. The number of nitrogens with one attached hydrogen (secondary N) is 1. The summed E-state index contributed by atoms with van der Waals surface area (Å²) in [6.45, 7) is 2.48. The van der Waals surface area contributed by atoms with E-state index in [0.717, 1.165) is 6.42 Å². The van der Waals surface area contributed by atoms with Crippen molar-refractivity contribution in [1.29, 1.82) is 0 Å². The van der Waals surface area contributed by atoms with Crippen molar-refractivity contribution in [3.8, 4) is 0 Å². The summed E-state index contributed by atoms with van der Waals surface area (Å²) < 4.78 is 5.34. The molecule has 3 N–H and O–H groups in total. The van der Waals surface area contributed by atoms with Crippen LogP contribution in [0.4, 0.5) is 11.4 Å². The first-order valence-corrected chi connectivity index (χ1v) is 5.95. The lowest BCUT2D eigenvalue weighted by Crippen LogP contribution is -2.39. The maximum Gasteiger partial charge on any atom is 0.292 e. The van der Waals surface area contributed by atoms with Crippen molar-refractivity contribution in [2.75, 3.05) is 12.3 Å². The Hall–Kier alpha value is -2.15. The second-order valence-corrected chi connectivity index (χ2v) is 4.48. The van der Waals surface area contributed by atoms with Gasteiger partial charge in [0, 0.05) is 18.2 Å². The summed E-state index contributed by atoms with van der Waals surface area (Å²) >= 11 is 0. The summed E-state index contributed by atoms with van der Waals surface area (Å²) in [6.07, 6.45) is 0.692. The lowest BCUT2D eigenvalue weighted by Gasteiger charge is -2.15. The first-order valence-electron chi connectivity index (χ1n) is 5.95. The maximum atomic E-state index is 12.0. The molecule has 1 aliphatic rings.